The first kappa shape index (κ1) is 13.1. The van der Waals surface area contributed by atoms with E-state index >= 15 is 0 Å². The van der Waals surface area contributed by atoms with E-state index in [1.807, 2.05) is 44.2 Å². The van der Waals surface area contributed by atoms with Crippen LogP contribution in [0, 0.1) is 0 Å². The Morgan fingerprint density at radius 3 is 2.44 bits per heavy atom. The molecule has 0 aliphatic rings. The van der Waals surface area contributed by atoms with Crippen LogP contribution in [0.4, 0.5) is 0 Å². The minimum Gasteiger partial charge on any atom is -0.0912 e. The molecule has 0 N–H and O–H groups in total. The molecule has 0 aliphatic carbocycles. The van der Waals surface area contributed by atoms with Gasteiger partial charge in [0, 0.05) is 0 Å². The predicted molar refractivity (Wildman–Crippen MR) is 74.1 cm³/mol. The Labute approximate surface area is 107 Å². The standard InChI is InChI=1S/C14H14Cl2/c1-4-10(2)5-6-11(3)12-7-8-13(15)14(16)9-12/h4-9H,3H2,1-2H3/b6-5-,10-4-. The quantitative estimate of drug-likeness (QED) is 0.621. The molecule has 0 radical (unpaired) electrons. The second kappa shape index (κ2) is 5.93. The maximum Gasteiger partial charge on any atom is 0.0598 e. The number of hydrogen-bond acceptors (Lipinski definition) is 0. The van der Waals surface area contributed by atoms with E-state index in [1.54, 1.807) is 6.07 Å². The summed E-state index contributed by atoms with van der Waals surface area (Å²) in [7, 11) is 0. The van der Waals surface area contributed by atoms with Crippen molar-refractivity contribution in [1.29, 1.82) is 0 Å². The molecule has 16 heavy (non-hydrogen) atoms. The summed E-state index contributed by atoms with van der Waals surface area (Å²) in [5, 5.41) is 1.11. The third kappa shape index (κ3) is 3.55. The summed E-state index contributed by atoms with van der Waals surface area (Å²) in [6.45, 7) is 8.03. The van der Waals surface area contributed by atoms with Crippen molar-refractivity contribution in [3.05, 3.63) is 64.2 Å². The van der Waals surface area contributed by atoms with Crippen LogP contribution in [0.5, 0.6) is 0 Å². The molecule has 0 aromatic heterocycles. The SMILES string of the molecule is C=C(/C=C\C(C)=C/C)c1ccc(Cl)c(Cl)c1. The summed E-state index contributed by atoms with van der Waals surface area (Å²) < 4.78 is 0. The topological polar surface area (TPSA) is 0 Å². The molecule has 0 saturated heterocycles. The second-order valence-corrected chi connectivity index (χ2v) is 4.33. The molecule has 0 spiro atoms. The second-order valence-electron chi connectivity index (χ2n) is 3.52. The Morgan fingerprint density at radius 2 is 1.88 bits per heavy atom. The van der Waals surface area contributed by atoms with Gasteiger partial charge >= 0.3 is 0 Å². The Morgan fingerprint density at radius 1 is 1.19 bits per heavy atom. The molecule has 0 fully saturated rings. The van der Waals surface area contributed by atoms with Crippen molar-refractivity contribution in [2.24, 2.45) is 0 Å². The zero-order valence-corrected chi connectivity index (χ0v) is 10.9. The molecule has 1 rings (SSSR count). The van der Waals surface area contributed by atoms with Crippen molar-refractivity contribution in [3.8, 4) is 0 Å². The monoisotopic (exact) mass is 252 g/mol. The van der Waals surface area contributed by atoms with Crippen molar-refractivity contribution >= 4 is 28.8 Å². The van der Waals surface area contributed by atoms with Gasteiger partial charge < -0.3 is 0 Å². The summed E-state index contributed by atoms with van der Waals surface area (Å²) >= 11 is 11.8. The fourth-order valence-electron chi connectivity index (χ4n) is 1.12. The highest BCUT2D eigenvalue weighted by molar-refractivity contribution is 6.42. The molecule has 84 valence electrons. The smallest absolute Gasteiger partial charge is 0.0598 e. The Balaban J connectivity index is 2.89. The van der Waals surface area contributed by atoms with Crippen LogP contribution >= 0.6 is 23.2 Å². The van der Waals surface area contributed by atoms with Gasteiger partial charge in [-0.3, -0.25) is 0 Å². The van der Waals surface area contributed by atoms with Crippen LogP contribution in [-0.4, -0.2) is 0 Å². The minimum atomic E-state index is 0.552. The van der Waals surface area contributed by atoms with Crippen molar-refractivity contribution in [1.82, 2.24) is 0 Å². The van der Waals surface area contributed by atoms with E-state index in [9.17, 15) is 0 Å². The van der Waals surface area contributed by atoms with Gasteiger partial charge in [-0.05, 0) is 37.1 Å². The zero-order valence-electron chi connectivity index (χ0n) is 9.43. The summed E-state index contributed by atoms with van der Waals surface area (Å²) in [5.74, 6) is 0. The van der Waals surface area contributed by atoms with Crippen LogP contribution in [0.25, 0.3) is 5.57 Å². The van der Waals surface area contributed by atoms with Crippen molar-refractivity contribution in [3.63, 3.8) is 0 Å². The zero-order chi connectivity index (χ0) is 12.1. The average Bonchev–Trinajstić information content (AvgIpc) is 2.29. The molecule has 0 heterocycles. The summed E-state index contributed by atoms with van der Waals surface area (Å²) in [6.07, 6.45) is 6.03. The molecule has 1 aromatic carbocycles. The fourth-order valence-corrected chi connectivity index (χ4v) is 1.42. The highest BCUT2D eigenvalue weighted by atomic mass is 35.5. The third-order valence-corrected chi connectivity index (χ3v) is 3.03. The number of hydrogen-bond donors (Lipinski definition) is 0. The molecule has 0 saturated carbocycles. The van der Waals surface area contributed by atoms with E-state index < -0.39 is 0 Å². The number of benzene rings is 1. The van der Waals surface area contributed by atoms with Gasteiger partial charge in [-0.1, -0.05) is 59.6 Å². The van der Waals surface area contributed by atoms with Gasteiger partial charge in [0.25, 0.3) is 0 Å². The van der Waals surface area contributed by atoms with E-state index in [4.69, 9.17) is 23.2 Å². The molecule has 2 heteroatoms. The maximum absolute atomic E-state index is 5.94. The van der Waals surface area contributed by atoms with Crippen LogP contribution in [0.2, 0.25) is 10.0 Å². The van der Waals surface area contributed by atoms with Crippen LogP contribution < -0.4 is 0 Å². The van der Waals surface area contributed by atoms with Gasteiger partial charge in [-0.2, -0.15) is 0 Å². The van der Waals surface area contributed by atoms with E-state index in [0.717, 1.165) is 11.1 Å². The molecule has 0 atom stereocenters. The molecular weight excluding hydrogens is 239 g/mol. The molecular formula is C14H14Cl2. The van der Waals surface area contributed by atoms with Gasteiger partial charge in [0.05, 0.1) is 10.0 Å². The number of rotatable bonds is 3. The predicted octanol–water partition coefficient (Wildman–Crippen LogP) is 5.53. The van der Waals surface area contributed by atoms with Gasteiger partial charge in [0.2, 0.25) is 0 Å². The lowest BCUT2D eigenvalue weighted by molar-refractivity contribution is 1.48. The Bertz CT molecular complexity index is 454. The molecule has 1 aromatic rings. The van der Waals surface area contributed by atoms with Crippen LogP contribution in [0.3, 0.4) is 0 Å². The first-order valence-electron chi connectivity index (χ1n) is 5.00. The highest BCUT2D eigenvalue weighted by Crippen LogP contribution is 2.26. The van der Waals surface area contributed by atoms with Crippen LogP contribution in [0.1, 0.15) is 19.4 Å². The largest absolute Gasteiger partial charge is 0.0912 e. The van der Waals surface area contributed by atoms with E-state index in [-0.39, 0.29) is 0 Å². The van der Waals surface area contributed by atoms with E-state index in [2.05, 4.69) is 6.58 Å². The fraction of sp³-hybridized carbons (Fsp3) is 0.143. The molecule has 0 aliphatic heterocycles. The maximum atomic E-state index is 5.94. The van der Waals surface area contributed by atoms with Crippen molar-refractivity contribution < 1.29 is 0 Å². The molecule has 0 nitrogen and oxygen atoms in total. The third-order valence-electron chi connectivity index (χ3n) is 2.29. The molecule has 0 unspecified atom stereocenters. The van der Waals surface area contributed by atoms with E-state index in [0.29, 0.717) is 10.0 Å². The average molecular weight is 253 g/mol. The Kier molecular flexibility index (Phi) is 4.85. The Hall–Kier alpha value is -0.980. The lowest BCUT2D eigenvalue weighted by atomic mass is 10.1. The van der Waals surface area contributed by atoms with Crippen LogP contribution in [0.15, 0.2) is 48.6 Å². The van der Waals surface area contributed by atoms with E-state index in [1.165, 1.54) is 5.57 Å². The highest BCUT2D eigenvalue weighted by Gasteiger charge is 2.00. The summed E-state index contributed by atoms with van der Waals surface area (Å²) in [5.41, 5.74) is 3.09. The van der Waals surface area contributed by atoms with Gasteiger partial charge in [0.15, 0.2) is 0 Å². The first-order valence-corrected chi connectivity index (χ1v) is 5.75. The summed E-state index contributed by atoms with van der Waals surface area (Å²) in [4.78, 5) is 0. The normalized spacial score (nSPS) is 12.1. The van der Waals surface area contributed by atoms with Gasteiger partial charge in [0.1, 0.15) is 0 Å². The van der Waals surface area contributed by atoms with Crippen molar-refractivity contribution in [2.75, 3.05) is 0 Å². The molecule has 0 amide bonds. The number of halogens is 2. The van der Waals surface area contributed by atoms with Crippen LogP contribution in [-0.2, 0) is 0 Å². The molecule has 0 bridgehead atoms. The number of allylic oxidation sites excluding steroid dienone is 5. The van der Waals surface area contributed by atoms with Crippen molar-refractivity contribution in [2.45, 2.75) is 13.8 Å². The lowest BCUT2D eigenvalue weighted by Gasteiger charge is -2.02. The summed E-state index contributed by atoms with van der Waals surface area (Å²) in [6, 6.07) is 5.51. The lowest BCUT2D eigenvalue weighted by Crippen LogP contribution is -1.80. The minimum absolute atomic E-state index is 0.552. The first-order chi connectivity index (χ1) is 7.54. The van der Waals surface area contributed by atoms with Gasteiger partial charge in [-0.15, -0.1) is 0 Å². The van der Waals surface area contributed by atoms with Gasteiger partial charge in [-0.25, -0.2) is 0 Å².